The first-order chi connectivity index (χ1) is 13.9. The summed E-state index contributed by atoms with van der Waals surface area (Å²) in [6.07, 6.45) is 0.0787. The molecule has 1 N–H and O–H groups in total. The predicted octanol–water partition coefficient (Wildman–Crippen LogP) is 2.61. The van der Waals surface area contributed by atoms with Crippen molar-refractivity contribution in [1.82, 2.24) is 10.2 Å². The summed E-state index contributed by atoms with van der Waals surface area (Å²) < 4.78 is 19.2. The van der Waals surface area contributed by atoms with Crippen LogP contribution in [0.25, 0.3) is 0 Å². The quantitative estimate of drug-likeness (QED) is 0.778. The lowest BCUT2D eigenvalue weighted by atomic mass is 10.0. The van der Waals surface area contributed by atoms with Gasteiger partial charge in [0, 0.05) is 19.5 Å². The number of nitrogens with zero attached hydrogens (tertiary/aromatic N) is 2. The molecule has 29 heavy (non-hydrogen) atoms. The standard InChI is InChI=1S/C22H26FN3O3/c1-25(2)20(15-8-10-17(29-3)11-9-15)13-24-22(28)16-12-21(27)26(14-16)19-7-5-4-6-18(19)23/h4-11,16,20H,12-14H2,1-3H3,(H,24,28). The molecule has 0 aliphatic carbocycles. The molecule has 0 radical (unpaired) electrons. The number of amides is 2. The predicted molar refractivity (Wildman–Crippen MR) is 109 cm³/mol. The Bertz CT molecular complexity index is 870. The number of methoxy groups -OCH3 is 1. The normalized spacial score (nSPS) is 17.5. The zero-order chi connectivity index (χ0) is 21.0. The van der Waals surface area contributed by atoms with Gasteiger partial charge in [0.25, 0.3) is 0 Å². The maximum atomic E-state index is 14.0. The van der Waals surface area contributed by atoms with Crippen LogP contribution in [0.2, 0.25) is 0 Å². The van der Waals surface area contributed by atoms with Gasteiger partial charge in [-0.1, -0.05) is 24.3 Å². The van der Waals surface area contributed by atoms with Crippen LogP contribution in [0, 0.1) is 11.7 Å². The molecule has 0 aromatic heterocycles. The van der Waals surface area contributed by atoms with Gasteiger partial charge in [-0.2, -0.15) is 0 Å². The topological polar surface area (TPSA) is 61.9 Å². The highest BCUT2D eigenvalue weighted by Gasteiger charge is 2.36. The Kier molecular flexibility index (Phi) is 6.49. The number of anilines is 1. The Hall–Kier alpha value is -2.93. The third-order valence-electron chi connectivity index (χ3n) is 5.23. The molecule has 0 saturated carbocycles. The van der Waals surface area contributed by atoms with E-state index in [9.17, 15) is 14.0 Å². The molecule has 1 fully saturated rings. The molecule has 2 amide bonds. The fraction of sp³-hybridized carbons (Fsp3) is 0.364. The monoisotopic (exact) mass is 399 g/mol. The van der Waals surface area contributed by atoms with Gasteiger partial charge in [0.2, 0.25) is 11.8 Å². The molecule has 7 heteroatoms. The van der Waals surface area contributed by atoms with Crippen molar-refractivity contribution < 1.29 is 18.7 Å². The molecule has 0 bridgehead atoms. The van der Waals surface area contributed by atoms with Crippen LogP contribution >= 0.6 is 0 Å². The molecule has 3 rings (SSSR count). The first-order valence-corrected chi connectivity index (χ1v) is 9.53. The van der Waals surface area contributed by atoms with Crippen LogP contribution in [0.1, 0.15) is 18.0 Å². The van der Waals surface area contributed by atoms with E-state index in [-0.39, 0.29) is 36.5 Å². The second kappa shape index (κ2) is 9.05. The van der Waals surface area contributed by atoms with E-state index in [1.165, 1.54) is 11.0 Å². The summed E-state index contributed by atoms with van der Waals surface area (Å²) in [4.78, 5) is 28.4. The summed E-state index contributed by atoms with van der Waals surface area (Å²) in [6.45, 7) is 0.587. The van der Waals surface area contributed by atoms with Gasteiger partial charge in [-0.3, -0.25) is 9.59 Å². The smallest absolute Gasteiger partial charge is 0.227 e. The van der Waals surface area contributed by atoms with E-state index in [0.29, 0.717) is 6.54 Å². The lowest BCUT2D eigenvalue weighted by molar-refractivity contribution is -0.126. The number of likely N-dealkylation sites (N-methyl/N-ethyl adjacent to an activating group) is 1. The van der Waals surface area contributed by atoms with Crippen LogP contribution in [0.5, 0.6) is 5.75 Å². The Morgan fingerprint density at radius 1 is 1.24 bits per heavy atom. The number of halogens is 1. The highest BCUT2D eigenvalue weighted by Crippen LogP contribution is 2.27. The zero-order valence-electron chi connectivity index (χ0n) is 16.9. The first kappa shape index (κ1) is 20.8. The summed E-state index contributed by atoms with van der Waals surface area (Å²) in [7, 11) is 5.51. The Morgan fingerprint density at radius 3 is 2.55 bits per heavy atom. The summed E-state index contributed by atoms with van der Waals surface area (Å²) >= 11 is 0. The molecule has 1 saturated heterocycles. The van der Waals surface area contributed by atoms with Gasteiger partial charge in [-0.25, -0.2) is 4.39 Å². The minimum atomic E-state index is -0.499. The molecule has 1 aliphatic heterocycles. The first-order valence-electron chi connectivity index (χ1n) is 9.53. The number of hydrogen-bond donors (Lipinski definition) is 1. The Labute approximate surface area is 170 Å². The second-order valence-corrected chi connectivity index (χ2v) is 7.35. The minimum Gasteiger partial charge on any atom is -0.497 e. The van der Waals surface area contributed by atoms with Gasteiger partial charge in [0.15, 0.2) is 0 Å². The minimum absolute atomic E-state index is 0.0235. The van der Waals surface area contributed by atoms with E-state index < -0.39 is 11.7 Å². The molecule has 154 valence electrons. The highest BCUT2D eigenvalue weighted by atomic mass is 19.1. The maximum Gasteiger partial charge on any atom is 0.227 e. The second-order valence-electron chi connectivity index (χ2n) is 7.35. The van der Waals surface area contributed by atoms with Crippen molar-refractivity contribution in [3.63, 3.8) is 0 Å². The van der Waals surface area contributed by atoms with Crippen molar-refractivity contribution in [2.75, 3.05) is 39.2 Å². The summed E-state index contributed by atoms with van der Waals surface area (Å²) in [6, 6.07) is 13.8. The van der Waals surface area contributed by atoms with E-state index in [0.717, 1.165) is 11.3 Å². The fourth-order valence-electron chi connectivity index (χ4n) is 3.55. The number of para-hydroxylation sites is 1. The van der Waals surface area contributed by atoms with Crippen molar-refractivity contribution in [2.24, 2.45) is 5.92 Å². The third-order valence-corrected chi connectivity index (χ3v) is 5.23. The average Bonchev–Trinajstić information content (AvgIpc) is 3.10. The molecule has 2 atom stereocenters. The summed E-state index contributed by atoms with van der Waals surface area (Å²) in [5.41, 5.74) is 1.27. The third kappa shape index (κ3) is 4.74. The molecule has 0 spiro atoms. The highest BCUT2D eigenvalue weighted by molar-refractivity contribution is 6.00. The van der Waals surface area contributed by atoms with Crippen LogP contribution in [0.4, 0.5) is 10.1 Å². The van der Waals surface area contributed by atoms with E-state index >= 15 is 0 Å². The van der Waals surface area contributed by atoms with Crippen LogP contribution in [-0.2, 0) is 9.59 Å². The van der Waals surface area contributed by atoms with Crippen LogP contribution in [0.15, 0.2) is 48.5 Å². The lowest BCUT2D eigenvalue weighted by Crippen LogP contribution is -2.38. The number of hydrogen-bond acceptors (Lipinski definition) is 4. The Morgan fingerprint density at radius 2 is 1.93 bits per heavy atom. The summed E-state index contributed by atoms with van der Waals surface area (Å²) in [5, 5.41) is 2.96. The van der Waals surface area contributed by atoms with Crippen molar-refractivity contribution in [2.45, 2.75) is 12.5 Å². The number of carbonyl (C=O) groups is 2. The molecule has 2 aromatic carbocycles. The van der Waals surface area contributed by atoms with E-state index in [1.807, 2.05) is 43.3 Å². The van der Waals surface area contributed by atoms with Gasteiger partial charge in [0.05, 0.1) is 24.8 Å². The van der Waals surface area contributed by atoms with Crippen LogP contribution in [0.3, 0.4) is 0 Å². The van der Waals surface area contributed by atoms with Gasteiger partial charge in [0.1, 0.15) is 11.6 Å². The molecule has 2 unspecified atom stereocenters. The van der Waals surface area contributed by atoms with Crippen molar-refractivity contribution in [1.29, 1.82) is 0 Å². The lowest BCUT2D eigenvalue weighted by Gasteiger charge is -2.26. The van der Waals surface area contributed by atoms with Gasteiger partial charge >= 0.3 is 0 Å². The molecular weight excluding hydrogens is 373 g/mol. The van der Waals surface area contributed by atoms with Gasteiger partial charge < -0.3 is 19.9 Å². The SMILES string of the molecule is COc1ccc(C(CNC(=O)C2CC(=O)N(c3ccccc3F)C2)N(C)C)cc1. The fourth-order valence-corrected chi connectivity index (χ4v) is 3.55. The molecule has 6 nitrogen and oxygen atoms in total. The number of benzene rings is 2. The van der Waals surface area contributed by atoms with E-state index in [4.69, 9.17) is 4.74 Å². The van der Waals surface area contributed by atoms with Crippen molar-refractivity contribution >= 4 is 17.5 Å². The van der Waals surface area contributed by atoms with Gasteiger partial charge in [-0.15, -0.1) is 0 Å². The number of rotatable bonds is 7. The summed E-state index contributed by atoms with van der Waals surface area (Å²) in [5.74, 6) is -0.630. The number of ether oxygens (including phenoxy) is 1. The average molecular weight is 399 g/mol. The van der Waals surface area contributed by atoms with Crippen LogP contribution < -0.4 is 15.0 Å². The van der Waals surface area contributed by atoms with E-state index in [2.05, 4.69) is 5.32 Å². The largest absolute Gasteiger partial charge is 0.497 e. The number of carbonyl (C=O) groups excluding carboxylic acids is 2. The zero-order valence-corrected chi connectivity index (χ0v) is 16.9. The van der Waals surface area contributed by atoms with E-state index in [1.54, 1.807) is 25.3 Å². The van der Waals surface area contributed by atoms with Gasteiger partial charge in [-0.05, 0) is 43.9 Å². The van der Waals surface area contributed by atoms with Crippen molar-refractivity contribution in [3.05, 3.63) is 59.9 Å². The molecule has 1 heterocycles. The maximum absolute atomic E-state index is 14.0. The molecule has 1 aliphatic rings. The number of nitrogens with one attached hydrogen (secondary N) is 1. The molecule has 2 aromatic rings. The molecular formula is C22H26FN3O3. The van der Waals surface area contributed by atoms with Crippen molar-refractivity contribution in [3.8, 4) is 5.75 Å². The Balaban J connectivity index is 1.63. The van der Waals surface area contributed by atoms with Crippen LogP contribution in [-0.4, -0.2) is 51.0 Å².